The highest BCUT2D eigenvalue weighted by Gasteiger charge is 2.00. The molecule has 3 rings (SSSR count). The molecule has 0 aliphatic rings. The molecule has 86 valence electrons. The zero-order chi connectivity index (χ0) is 11.7. The Kier molecular flexibility index (Phi) is 2.33. The third-order valence-electron chi connectivity index (χ3n) is 2.76. The minimum atomic E-state index is 0.822. The standard InChI is InChI=1S/C13H14N4/c1-9-16-12-3-2-11(6-13(12)17-9)15-8-10-4-5-14-7-10/h2-7,14-15H,8H2,1H3,(H,16,17). The summed E-state index contributed by atoms with van der Waals surface area (Å²) in [6.45, 7) is 2.79. The summed E-state index contributed by atoms with van der Waals surface area (Å²) in [6, 6.07) is 8.22. The van der Waals surface area contributed by atoms with Gasteiger partial charge in [0.2, 0.25) is 0 Å². The van der Waals surface area contributed by atoms with Gasteiger partial charge in [-0.15, -0.1) is 0 Å². The Bertz CT molecular complexity index is 622. The van der Waals surface area contributed by atoms with Crippen molar-refractivity contribution in [1.29, 1.82) is 0 Å². The highest BCUT2D eigenvalue weighted by molar-refractivity contribution is 5.79. The summed E-state index contributed by atoms with van der Waals surface area (Å²) < 4.78 is 0. The summed E-state index contributed by atoms with van der Waals surface area (Å²) in [4.78, 5) is 10.7. The molecule has 4 nitrogen and oxygen atoms in total. The van der Waals surface area contributed by atoms with Crippen LogP contribution in [0.3, 0.4) is 0 Å². The van der Waals surface area contributed by atoms with Crippen LogP contribution in [-0.4, -0.2) is 15.0 Å². The van der Waals surface area contributed by atoms with Crippen LogP contribution in [0, 0.1) is 6.92 Å². The van der Waals surface area contributed by atoms with E-state index < -0.39 is 0 Å². The molecular weight excluding hydrogens is 212 g/mol. The van der Waals surface area contributed by atoms with Gasteiger partial charge in [0.05, 0.1) is 11.0 Å². The number of fused-ring (bicyclic) bond motifs is 1. The van der Waals surface area contributed by atoms with Crippen molar-refractivity contribution in [3.8, 4) is 0 Å². The smallest absolute Gasteiger partial charge is 0.104 e. The fourth-order valence-corrected chi connectivity index (χ4v) is 1.92. The van der Waals surface area contributed by atoms with Gasteiger partial charge in [-0.2, -0.15) is 0 Å². The van der Waals surface area contributed by atoms with E-state index in [4.69, 9.17) is 0 Å². The van der Waals surface area contributed by atoms with Crippen molar-refractivity contribution < 1.29 is 0 Å². The zero-order valence-corrected chi connectivity index (χ0v) is 9.62. The van der Waals surface area contributed by atoms with E-state index in [0.717, 1.165) is 29.1 Å². The Morgan fingerprint density at radius 1 is 1.29 bits per heavy atom. The molecule has 0 spiro atoms. The van der Waals surface area contributed by atoms with Gasteiger partial charge < -0.3 is 15.3 Å². The van der Waals surface area contributed by atoms with E-state index in [9.17, 15) is 0 Å². The van der Waals surface area contributed by atoms with Crippen LogP contribution in [0.15, 0.2) is 36.7 Å². The molecule has 2 heterocycles. The number of H-pyrrole nitrogens is 2. The van der Waals surface area contributed by atoms with Crippen molar-refractivity contribution in [1.82, 2.24) is 15.0 Å². The number of nitrogens with one attached hydrogen (secondary N) is 3. The van der Waals surface area contributed by atoms with Gasteiger partial charge in [-0.3, -0.25) is 0 Å². The molecule has 0 aliphatic carbocycles. The van der Waals surface area contributed by atoms with Gasteiger partial charge in [0.25, 0.3) is 0 Å². The van der Waals surface area contributed by atoms with Crippen LogP contribution in [0.1, 0.15) is 11.4 Å². The van der Waals surface area contributed by atoms with Gasteiger partial charge in [0, 0.05) is 24.6 Å². The van der Waals surface area contributed by atoms with E-state index in [-0.39, 0.29) is 0 Å². The van der Waals surface area contributed by atoms with Crippen LogP contribution < -0.4 is 5.32 Å². The van der Waals surface area contributed by atoms with Gasteiger partial charge in [-0.25, -0.2) is 4.98 Å². The maximum atomic E-state index is 4.38. The minimum absolute atomic E-state index is 0.822. The number of hydrogen-bond donors (Lipinski definition) is 3. The van der Waals surface area contributed by atoms with Crippen molar-refractivity contribution in [3.05, 3.63) is 48.0 Å². The monoisotopic (exact) mass is 226 g/mol. The van der Waals surface area contributed by atoms with Gasteiger partial charge >= 0.3 is 0 Å². The van der Waals surface area contributed by atoms with Crippen molar-refractivity contribution in [3.63, 3.8) is 0 Å². The van der Waals surface area contributed by atoms with Crippen molar-refractivity contribution in [2.24, 2.45) is 0 Å². The van der Waals surface area contributed by atoms with E-state index in [1.54, 1.807) is 0 Å². The van der Waals surface area contributed by atoms with E-state index in [1.807, 2.05) is 25.4 Å². The summed E-state index contributed by atoms with van der Waals surface area (Å²) in [7, 11) is 0. The Hall–Kier alpha value is -2.23. The molecule has 0 atom stereocenters. The zero-order valence-electron chi connectivity index (χ0n) is 9.62. The van der Waals surface area contributed by atoms with Gasteiger partial charge in [0.1, 0.15) is 5.82 Å². The molecule has 0 saturated carbocycles. The third-order valence-corrected chi connectivity index (χ3v) is 2.76. The summed E-state index contributed by atoms with van der Waals surface area (Å²) in [5.41, 5.74) is 4.42. The molecule has 0 saturated heterocycles. The van der Waals surface area contributed by atoms with Crippen molar-refractivity contribution >= 4 is 16.7 Å². The predicted molar refractivity (Wildman–Crippen MR) is 69.0 cm³/mol. The van der Waals surface area contributed by atoms with Crippen LogP contribution >= 0.6 is 0 Å². The van der Waals surface area contributed by atoms with Crippen LogP contribution in [-0.2, 0) is 6.54 Å². The number of aromatic amines is 2. The molecule has 0 unspecified atom stereocenters. The lowest BCUT2D eigenvalue weighted by Crippen LogP contribution is -1.97. The van der Waals surface area contributed by atoms with Crippen LogP contribution in [0.5, 0.6) is 0 Å². The lowest BCUT2D eigenvalue weighted by molar-refractivity contribution is 1.15. The normalized spacial score (nSPS) is 10.9. The largest absolute Gasteiger partial charge is 0.381 e. The van der Waals surface area contributed by atoms with E-state index in [1.165, 1.54) is 5.56 Å². The minimum Gasteiger partial charge on any atom is -0.381 e. The Labute approximate surface area is 99.1 Å². The Morgan fingerprint density at radius 2 is 2.24 bits per heavy atom. The van der Waals surface area contributed by atoms with Crippen LogP contribution in [0.4, 0.5) is 5.69 Å². The molecule has 3 aromatic rings. The van der Waals surface area contributed by atoms with Crippen LogP contribution in [0.2, 0.25) is 0 Å². The van der Waals surface area contributed by atoms with E-state index >= 15 is 0 Å². The first kappa shape index (κ1) is 9.96. The van der Waals surface area contributed by atoms with E-state index in [2.05, 4.69) is 38.5 Å². The van der Waals surface area contributed by atoms with Crippen molar-refractivity contribution in [2.45, 2.75) is 13.5 Å². The molecule has 4 heteroatoms. The lowest BCUT2D eigenvalue weighted by atomic mass is 10.2. The molecule has 0 radical (unpaired) electrons. The Morgan fingerprint density at radius 3 is 3.06 bits per heavy atom. The second-order valence-electron chi connectivity index (χ2n) is 4.13. The maximum Gasteiger partial charge on any atom is 0.104 e. The highest BCUT2D eigenvalue weighted by Crippen LogP contribution is 2.17. The number of rotatable bonds is 3. The molecule has 0 bridgehead atoms. The average molecular weight is 226 g/mol. The highest BCUT2D eigenvalue weighted by atomic mass is 14.9. The van der Waals surface area contributed by atoms with Gasteiger partial charge in [-0.05, 0) is 36.8 Å². The molecule has 0 aliphatic heterocycles. The topological polar surface area (TPSA) is 56.5 Å². The fraction of sp³-hybridized carbons (Fsp3) is 0.154. The SMILES string of the molecule is Cc1nc2ccc(NCc3cc[nH]c3)cc2[nH]1. The summed E-state index contributed by atoms with van der Waals surface area (Å²) in [5.74, 6) is 0.947. The van der Waals surface area contributed by atoms with Gasteiger partial charge in [-0.1, -0.05) is 0 Å². The number of anilines is 1. The lowest BCUT2D eigenvalue weighted by Gasteiger charge is -2.04. The summed E-state index contributed by atoms with van der Waals surface area (Å²) in [6.07, 6.45) is 3.92. The fourth-order valence-electron chi connectivity index (χ4n) is 1.92. The summed E-state index contributed by atoms with van der Waals surface area (Å²) >= 11 is 0. The number of aryl methyl sites for hydroxylation is 1. The molecular formula is C13H14N4. The molecule has 0 fully saturated rings. The molecule has 0 amide bonds. The average Bonchev–Trinajstić information content (AvgIpc) is 2.92. The third kappa shape index (κ3) is 2.01. The number of hydrogen-bond acceptors (Lipinski definition) is 2. The molecule has 3 N–H and O–H groups in total. The first-order valence-corrected chi connectivity index (χ1v) is 5.63. The molecule has 2 aromatic heterocycles. The second kappa shape index (κ2) is 3.97. The number of nitrogens with zero attached hydrogens (tertiary/aromatic N) is 1. The maximum absolute atomic E-state index is 4.38. The number of imidazole rings is 1. The Balaban J connectivity index is 1.81. The first-order chi connectivity index (χ1) is 8.31. The predicted octanol–water partition coefficient (Wildman–Crippen LogP) is 2.81. The number of benzene rings is 1. The van der Waals surface area contributed by atoms with Gasteiger partial charge in [0.15, 0.2) is 0 Å². The number of aromatic nitrogens is 3. The summed E-state index contributed by atoms with van der Waals surface area (Å²) in [5, 5.41) is 3.38. The first-order valence-electron chi connectivity index (χ1n) is 5.63. The van der Waals surface area contributed by atoms with Crippen molar-refractivity contribution in [2.75, 3.05) is 5.32 Å². The second-order valence-corrected chi connectivity index (χ2v) is 4.13. The molecule has 1 aromatic carbocycles. The molecule has 17 heavy (non-hydrogen) atoms. The quantitative estimate of drug-likeness (QED) is 0.643. The van der Waals surface area contributed by atoms with E-state index in [0.29, 0.717) is 0 Å². The van der Waals surface area contributed by atoms with Crippen LogP contribution in [0.25, 0.3) is 11.0 Å².